The lowest BCUT2D eigenvalue weighted by Crippen LogP contribution is -2.30. The zero-order chi connectivity index (χ0) is 76.5. The van der Waals surface area contributed by atoms with Crippen molar-refractivity contribution in [3.05, 3.63) is 0 Å². The van der Waals surface area contributed by atoms with Crippen LogP contribution in [-0.2, 0) is 65.4 Å². The van der Waals surface area contributed by atoms with Crippen molar-refractivity contribution in [2.75, 3.05) is 39.6 Å². The van der Waals surface area contributed by atoms with Crippen LogP contribution in [0.2, 0.25) is 0 Å². The van der Waals surface area contributed by atoms with Crippen LogP contribution in [-0.4, -0.2) is 96.7 Å². The molecular weight excluding hydrogens is 1350 g/mol. The smallest absolute Gasteiger partial charge is 0.462 e. The molecule has 0 aromatic rings. The molecule has 0 aliphatic rings. The molecule has 17 nitrogen and oxygen atoms in total. The first kappa shape index (κ1) is 102. The highest BCUT2D eigenvalue weighted by Gasteiger charge is 2.30. The van der Waals surface area contributed by atoms with Crippen LogP contribution >= 0.6 is 15.6 Å². The lowest BCUT2D eigenvalue weighted by atomic mass is 9.99. The maximum absolute atomic E-state index is 13.1. The number of aliphatic hydroxyl groups is 1. The third-order valence-corrected chi connectivity index (χ3v) is 22.5. The number of esters is 4. The van der Waals surface area contributed by atoms with E-state index in [0.717, 1.165) is 120 Å². The van der Waals surface area contributed by atoms with Gasteiger partial charge in [-0.25, -0.2) is 9.13 Å². The predicted molar refractivity (Wildman–Crippen MR) is 428 cm³/mol. The molecule has 0 bridgehead atoms. The molecule has 4 unspecified atom stereocenters. The van der Waals surface area contributed by atoms with Gasteiger partial charge in [0.05, 0.1) is 26.4 Å². The number of rotatable bonds is 83. The Labute approximate surface area is 638 Å². The number of aliphatic hydroxyl groups excluding tert-OH is 1. The summed E-state index contributed by atoms with van der Waals surface area (Å²) in [7, 11) is -9.92. The average molecular weight is 1520 g/mol. The van der Waals surface area contributed by atoms with Gasteiger partial charge < -0.3 is 33.8 Å². The Bertz CT molecular complexity index is 2010. The first-order chi connectivity index (χ1) is 50.3. The Hall–Kier alpha value is -1.94. The van der Waals surface area contributed by atoms with Crippen molar-refractivity contribution in [2.45, 2.75) is 465 Å². The highest BCUT2D eigenvalue weighted by molar-refractivity contribution is 7.47. The summed E-state index contributed by atoms with van der Waals surface area (Å²) in [5.74, 6) is 0.406. The lowest BCUT2D eigenvalue weighted by Gasteiger charge is -2.21. The first-order valence-corrected chi connectivity index (χ1v) is 46.9. The second-order valence-corrected chi connectivity index (χ2v) is 34.4. The molecule has 0 aromatic carbocycles. The molecule has 0 saturated carbocycles. The van der Waals surface area contributed by atoms with E-state index in [1.165, 1.54) is 244 Å². The van der Waals surface area contributed by atoms with Crippen LogP contribution in [0.15, 0.2) is 0 Å². The molecule has 0 spiro atoms. The minimum absolute atomic E-state index is 0.107. The Morgan fingerprint density at radius 2 is 0.490 bits per heavy atom. The molecule has 104 heavy (non-hydrogen) atoms. The number of phosphoric ester groups is 2. The van der Waals surface area contributed by atoms with Crippen LogP contribution in [0.3, 0.4) is 0 Å². The maximum Gasteiger partial charge on any atom is 0.472 e. The quantitative estimate of drug-likeness (QED) is 0.0222. The predicted octanol–water partition coefficient (Wildman–Crippen LogP) is 25.7. The Kier molecular flexibility index (Phi) is 73.7. The fourth-order valence-corrected chi connectivity index (χ4v) is 14.7. The van der Waals surface area contributed by atoms with Crippen molar-refractivity contribution in [2.24, 2.45) is 17.8 Å². The number of hydrogen-bond donors (Lipinski definition) is 3. The molecule has 0 aromatic heterocycles. The van der Waals surface area contributed by atoms with Crippen molar-refractivity contribution in [1.29, 1.82) is 0 Å². The standard InChI is InChI=1S/C85H166O17P2/c1-8-11-12-13-42-52-59-66-82(87)95-72-80(101-84(89)68-62-55-48-41-35-29-23-21-26-32-38-45-51-58-65-78(7)10-3)74-99-103(91,92)97-70-79(86)71-98-104(93,94)100-75-81(73-96-83(88)67-60-53-46-39-33-27-22-20-25-31-37-44-50-57-64-77(6)9-2)102-85(90)69-61-54-47-40-34-28-19-17-15-14-16-18-24-30-36-43-49-56-63-76(4)5/h76-81,86H,8-75H2,1-7H3,(H,91,92)(H,93,94)/t77?,78?,79-,80+,81+/m0/s1. The van der Waals surface area contributed by atoms with Crippen LogP contribution in [0.4, 0.5) is 0 Å². The van der Waals surface area contributed by atoms with Crippen molar-refractivity contribution in [1.82, 2.24) is 0 Å². The van der Waals surface area contributed by atoms with Crippen LogP contribution in [0.1, 0.15) is 447 Å². The zero-order valence-electron chi connectivity index (χ0n) is 68.5. The molecule has 0 saturated heterocycles. The Morgan fingerprint density at radius 1 is 0.279 bits per heavy atom. The van der Waals surface area contributed by atoms with Gasteiger partial charge in [-0.15, -0.1) is 0 Å². The summed E-state index contributed by atoms with van der Waals surface area (Å²) >= 11 is 0. The summed E-state index contributed by atoms with van der Waals surface area (Å²) in [5.41, 5.74) is 0. The monoisotopic (exact) mass is 1520 g/mol. The summed E-state index contributed by atoms with van der Waals surface area (Å²) in [4.78, 5) is 73.0. The van der Waals surface area contributed by atoms with Crippen molar-refractivity contribution < 1.29 is 80.2 Å². The molecule has 0 rings (SSSR count). The second-order valence-electron chi connectivity index (χ2n) is 31.5. The number of carbonyl (C=O) groups excluding carboxylic acids is 4. The first-order valence-electron chi connectivity index (χ1n) is 43.9. The van der Waals surface area contributed by atoms with Gasteiger partial charge in [0.25, 0.3) is 0 Å². The molecule has 0 amide bonds. The van der Waals surface area contributed by atoms with Gasteiger partial charge in [-0.05, 0) is 43.4 Å². The summed E-state index contributed by atoms with van der Waals surface area (Å²) in [5, 5.41) is 10.7. The highest BCUT2D eigenvalue weighted by atomic mass is 31.2. The largest absolute Gasteiger partial charge is 0.472 e. The number of unbranched alkanes of at least 4 members (excludes halogenated alkanes) is 49. The molecule has 0 aliphatic heterocycles. The summed E-state index contributed by atoms with van der Waals surface area (Å²) in [6.45, 7) is 12.1. The Morgan fingerprint density at radius 3 is 0.731 bits per heavy atom. The average Bonchev–Trinajstić information content (AvgIpc) is 0.920. The molecule has 0 heterocycles. The molecule has 618 valence electrons. The van der Waals surface area contributed by atoms with E-state index in [-0.39, 0.29) is 25.7 Å². The van der Waals surface area contributed by atoms with Crippen LogP contribution in [0.5, 0.6) is 0 Å². The third-order valence-electron chi connectivity index (χ3n) is 20.6. The van der Waals surface area contributed by atoms with E-state index in [1.807, 2.05) is 0 Å². The van der Waals surface area contributed by atoms with Crippen molar-refractivity contribution in [3.63, 3.8) is 0 Å². The molecular formula is C85H166O17P2. The van der Waals surface area contributed by atoms with E-state index in [1.54, 1.807) is 0 Å². The van der Waals surface area contributed by atoms with E-state index < -0.39 is 97.5 Å². The normalized spacial score (nSPS) is 14.4. The van der Waals surface area contributed by atoms with Gasteiger partial charge in [0.15, 0.2) is 12.2 Å². The minimum atomic E-state index is -4.96. The van der Waals surface area contributed by atoms with E-state index in [9.17, 15) is 43.2 Å². The van der Waals surface area contributed by atoms with Gasteiger partial charge in [0.2, 0.25) is 0 Å². The van der Waals surface area contributed by atoms with Crippen molar-refractivity contribution in [3.8, 4) is 0 Å². The van der Waals surface area contributed by atoms with Crippen LogP contribution < -0.4 is 0 Å². The van der Waals surface area contributed by atoms with Gasteiger partial charge in [0.1, 0.15) is 19.3 Å². The number of phosphoric acid groups is 2. The van der Waals surface area contributed by atoms with E-state index in [4.69, 9.17) is 37.0 Å². The number of hydrogen-bond acceptors (Lipinski definition) is 15. The number of carbonyl (C=O) groups is 4. The molecule has 3 N–H and O–H groups in total. The summed E-state index contributed by atoms with van der Waals surface area (Å²) < 4.78 is 68.7. The summed E-state index contributed by atoms with van der Waals surface area (Å²) in [6, 6.07) is 0. The Balaban J connectivity index is 5.17. The van der Waals surface area contributed by atoms with E-state index in [0.29, 0.717) is 25.7 Å². The molecule has 19 heteroatoms. The fourth-order valence-electron chi connectivity index (χ4n) is 13.1. The van der Waals surface area contributed by atoms with Gasteiger partial charge in [0, 0.05) is 25.7 Å². The highest BCUT2D eigenvalue weighted by Crippen LogP contribution is 2.45. The van der Waals surface area contributed by atoms with Gasteiger partial charge >= 0.3 is 39.5 Å². The fraction of sp³-hybridized carbons (Fsp3) is 0.953. The molecule has 0 aliphatic carbocycles. The second kappa shape index (κ2) is 75.1. The third kappa shape index (κ3) is 75.5. The molecule has 0 radical (unpaired) electrons. The minimum Gasteiger partial charge on any atom is -0.462 e. The topological polar surface area (TPSA) is 237 Å². The van der Waals surface area contributed by atoms with Crippen LogP contribution in [0, 0.1) is 17.8 Å². The van der Waals surface area contributed by atoms with Crippen LogP contribution in [0.25, 0.3) is 0 Å². The summed E-state index contributed by atoms with van der Waals surface area (Å²) in [6.07, 6.45) is 65.3. The van der Waals surface area contributed by atoms with Gasteiger partial charge in [-0.1, -0.05) is 395 Å². The van der Waals surface area contributed by atoms with Gasteiger partial charge in [-0.2, -0.15) is 0 Å². The molecule has 7 atom stereocenters. The van der Waals surface area contributed by atoms with Gasteiger partial charge in [-0.3, -0.25) is 37.3 Å². The SMILES string of the molecule is CCCCCCCCCC(=O)OC[C@H](COP(=O)(O)OC[C@H](O)COP(=O)(O)OC[C@@H](COC(=O)CCCCCCCCCCCCCCCCC(C)CC)OC(=O)CCCCCCCCCCCCCCCCCCCCC(C)C)OC(=O)CCCCCCCCCCCCCCCCC(C)CC. The van der Waals surface area contributed by atoms with E-state index >= 15 is 0 Å². The zero-order valence-corrected chi connectivity index (χ0v) is 70.3. The van der Waals surface area contributed by atoms with E-state index in [2.05, 4.69) is 48.5 Å². The number of ether oxygens (including phenoxy) is 4. The van der Waals surface area contributed by atoms with Crippen molar-refractivity contribution >= 4 is 39.5 Å². The molecule has 0 fully saturated rings. The lowest BCUT2D eigenvalue weighted by molar-refractivity contribution is -0.161. The maximum atomic E-state index is 13.1.